The van der Waals surface area contributed by atoms with E-state index in [-0.39, 0.29) is 112 Å². The van der Waals surface area contributed by atoms with Gasteiger partial charge in [-0.05, 0) is 0 Å². The normalized spacial score (nSPS) is 18.7. The first kappa shape index (κ1) is 27.4. The van der Waals surface area contributed by atoms with Gasteiger partial charge in [0.2, 0.25) is 0 Å². The molecular weight excluding hydrogens is 351 g/mol. The van der Waals surface area contributed by atoms with Gasteiger partial charge in [-0.15, -0.1) is 0 Å². The average Bonchev–Trinajstić information content (AvgIpc) is 2.51. The third kappa shape index (κ3) is 14.9. The van der Waals surface area contributed by atoms with Crippen molar-refractivity contribution in [3.8, 4) is 0 Å². The molecule has 1 fully saturated rings. The van der Waals surface area contributed by atoms with E-state index in [4.69, 9.17) is 9.47 Å². The minimum atomic E-state index is -5.51. The zero-order valence-corrected chi connectivity index (χ0v) is 19.6. The Kier molecular flexibility index (Phi) is 18.7. The van der Waals surface area contributed by atoms with Crippen LogP contribution in [-0.2, 0) is 22.9 Å². The molecule has 0 radical (unpaired) electrons. The van der Waals surface area contributed by atoms with Gasteiger partial charge in [0.15, 0.2) is 13.1 Å². The van der Waals surface area contributed by atoms with Crippen LogP contribution in [0.1, 0.15) is 6.42 Å². The van der Waals surface area contributed by atoms with Crippen LogP contribution in [0.25, 0.3) is 0 Å². The molecule has 0 aliphatic carbocycles. The van der Waals surface area contributed by atoms with Crippen molar-refractivity contribution in [3.05, 3.63) is 0 Å². The van der Waals surface area contributed by atoms with Crippen molar-refractivity contribution < 1.29 is 126 Å². The Morgan fingerprint density at radius 1 is 1.11 bits per heavy atom. The summed E-state index contributed by atoms with van der Waals surface area (Å²) in [5, 5.41) is 0. The van der Waals surface area contributed by atoms with Gasteiger partial charge in [-0.1, -0.05) is 11.4 Å². The largest absolute Gasteiger partial charge is 1.00 e. The van der Waals surface area contributed by atoms with Crippen LogP contribution in [0.4, 0.5) is 0 Å². The molecule has 0 N–H and O–H groups in total. The molecule has 0 amide bonds. The Bertz CT molecular complexity index is 322. The van der Waals surface area contributed by atoms with Crippen molar-refractivity contribution in [2.24, 2.45) is 0 Å². The maximum Gasteiger partial charge on any atom is 1.00 e. The quantitative estimate of drug-likeness (QED) is 0.335. The summed E-state index contributed by atoms with van der Waals surface area (Å²) in [6, 6.07) is 0. The summed E-state index contributed by atoms with van der Waals surface area (Å²) in [5.74, 6) is 0.0193. The second-order valence-corrected chi connectivity index (χ2v) is 7.99. The molecule has 96 valence electrons. The van der Waals surface area contributed by atoms with Crippen LogP contribution in [0.15, 0.2) is 0 Å². The topological polar surface area (TPSA) is 131 Å². The van der Waals surface area contributed by atoms with Crippen LogP contribution in [0, 0.1) is 0 Å². The summed E-state index contributed by atoms with van der Waals surface area (Å²) in [6.07, 6.45) is -0.221. The molecule has 1 unspecified atom stereocenters. The van der Waals surface area contributed by atoms with Crippen molar-refractivity contribution in [2.45, 2.75) is 12.7 Å². The van der Waals surface area contributed by atoms with Crippen molar-refractivity contribution in [3.63, 3.8) is 0 Å². The summed E-state index contributed by atoms with van der Waals surface area (Å²) in [4.78, 5) is 31.1. The minimum absolute atomic E-state index is 0. The molecule has 0 spiro atoms. The van der Waals surface area contributed by atoms with Crippen LogP contribution < -0.4 is 103 Å². The molecule has 1 rings (SSSR count). The van der Waals surface area contributed by atoms with Crippen molar-refractivity contribution >= 4 is 26.0 Å². The Morgan fingerprint density at radius 2 is 1.58 bits per heavy atom. The van der Waals surface area contributed by atoms with Crippen molar-refractivity contribution in [1.82, 2.24) is 0 Å². The molecular formula is C5H9Na3O8P2S. The van der Waals surface area contributed by atoms with Crippen LogP contribution in [0.5, 0.6) is 0 Å². The van der Waals surface area contributed by atoms with E-state index in [1.54, 1.807) is 0 Å². The van der Waals surface area contributed by atoms with Gasteiger partial charge in [-0.25, -0.2) is 0 Å². The van der Waals surface area contributed by atoms with Gasteiger partial charge < -0.3 is 28.7 Å². The predicted octanol–water partition coefficient (Wildman–Crippen LogP) is -10.2. The fourth-order valence-electron chi connectivity index (χ4n) is 0.981. The Morgan fingerprint density at radius 3 is 2.00 bits per heavy atom. The van der Waals surface area contributed by atoms with E-state index >= 15 is 0 Å². The number of hydrogen-bond acceptors (Lipinski definition) is 9. The summed E-state index contributed by atoms with van der Waals surface area (Å²) in [7, 11) is -5.51. The third-order valence-corrected chi connectivity index (χ3v) is 5.92. The maximum absolute atomic E-state index is 10.9. The van der Waals surface area contributed by atoms with E-state index in [0.717, 1.165) is 0 Å². The summed E-state index contributed by atoms with van der Waals surface area (Å²) < 4.78 is 34.5. The first-order chi connectivity index (χ1) is 7.29. The smallest absolute Gasteiger partial charge is 0.790 e. The molecule has 0 saturated carbocycles. The van der Waals surface area contributed by atoms with Gasteiger partial charge in [0.05, 0.1) is 21.0 Å². The van der Waals surface area contributed by atoms with Crippen LogP contribution in [-0.4, -0.2) is 25.3 Å². The molecule has 1 aliphatic rings. The predicted molar refractivity (Wildman–Crippen MR) is 49.1 cm³/mol. The fourth-order valence-corrected chi connectivity index (χ4v) is 4.82. The molecule has 0 aromatic heterocycles. The van der Waals surface area contributed by atoms with Gasteiger partial charge in [0.1, 0.15) is 0 Å². The van der Waals surface area contributed by atoms with Crippen LogP contribution in [0.3, 0.4) is 0 Å². The summed E-state index contributed by atoms with van der Waals surface area (Å²) in [5.41, 5.74) is 0. The Labute approximate surface area is 181 Å². The molecule has 14 heteroatoms. The van der Waals surface area contributed by atoms with Gasteiger partial charge in [-0.2, -0.15) is 0 Å². The van der Waals surface area contributed by atoms with Crippen molar-refractivity contribution in [1.29, 1.82) is 0 Å². The molecule has 1 aliphatic heterocycles. The molecule has 0 aromatic carbocycles. The molecule has 0 bridgehead atoms. The van der Waals surface area contributed by atoms with E-state index in [0.29, 0.717) is 13.2 Å². The summed E-state index contributed by atoms with van der Waals surface area (Å²) in [6.45, 7) is -3.82. The van der Waals surface area contributed by atoms with E-state index in [1.807, 2.05) is 0 Å². The van der Waals surface area contributed by atoms with Gasteiger partial charge in [-0.3, -0.25) is 8.88 Å². The van der Waals surface area contributed by atoms with Gasteiger partial charge >= 0.3 is 88.7 Å². The molecule has 1 atom stereocenters. The molecule has 0 aromatic rings. The number of ether oxygens (including phenoxy) is 2. The Hall–Kier alpha value is 3.57. The average molecular weight is 360 g/mol. The SMILES string of the molecule is O=P([O-])([O-])OP(=O)([O-])SCCC1OCCO1.[Na+].[Na+].[Na+]. The van der Waals surface area contributed by atoms with E-state index < -0.39 is 20.9 Å². The third-order valence-electron chi connectivity index (χ3n) is 1.49. The van der Waals surface area contributed by atoms with E-state index in [2.05, 4.69) is 4.31 Å². The standard InChI is InChI=1S/C5H12O8P2S.3Na/c6-14(7,8)13-15(9,10)16-4-1-5-11-2-3-12-5;;;/h5H,1-4H2,(H,9,10)(H2,6,7,8);;;/q;3*+1/p-3. The first-order valence-electron chi connectivity index (χ1n) is 4.21. The summed E-state index contributed by atoms with van der Waals surface area (Å²) >= 11 is 0.238. The first-order valence-corrected chi connectivity index (χ1v) is 8.80. The second-order valence-electron chi connectivity index (χ2n) is 2.77. The van der Waals surface area contributed by atoms with E-state index in [1.165, 1.54) is 0 Å². The zero-order valence-electron chi connectivity index (χ0n) is 11.0. The van der Waals surface area contributed by atoms with Gasteiger partial charge in [0, 0.05) is 12.2 Å². The van der Waals surface area contributed by atoms with Crippen LogP contribution >= 0.6 is 26.0 Å². The van der Waals surface area contributed by atoms with Crippen molar-refractivity contribution in [2.75, 3.05) is 19.0 Å². The molecule has 1 saturated heterocycles. The van der Waals surface area contributed by atoms with Gasteiger partial charge in [0.25, 0.3) is 0 Å². The molecule has 8 nitrogen and oxygen atoms in total. The number of phosphoric acid groups is 1. The monoisotopic (exact) mass is 360 g/mol. The second kappa shape index (κ2) is 12.9. The maximum atomic E-state index is 10.9. The fraction of sp³-hybridized carbons (Fsp3) is 1.00. The molecule has 1 heterocycles. The molecule has 19 heavy (non-hydrogen) atoms. The zero-order chi connectivity index (χ0) is 12.2. The van der Waals surface area contributed by atoms with E-state index in [9.17, 15) is 23.8 Å². The Balaban J connectivity index is -0.000000853. The number of hydrogen-bond donors (Lipinski definition) is 0. The van der Waals surface area contributed by atoms with Crippen LogP contribution in [0.2, 0.25) is 0 Å². The minimum Gasteiger partial charge on any atom is -0.790 e. The number of rotatable bonds is 6.